The number of nitrogens with one attached hydrogen (secondary N) is 1. The number of carboxylic acids is 1. The van der Waals surface area contributed by atoms with Gasteiger partial charge < -0.3 is 10.0 Å². The molecule has 1 saturated heterocycles. The van der Waals surface area contributed by atoms with Crippen LogP contribution in [0.2, 0.25) is 0 Å². The largest absolute Gasteiger partial charge is 0.480 e. The lowest BCUT2D eigenvalue weighted by molar-refractivity contribution is -0.140. The van der Waals surface area contributed by atoms with Crippen molar-refractivity contribution in [3.63, 3.8) is 0 Å². The summed E-state index contributed by atoms with van der Waals surface area (Å²) in [4.78, 5) is 25.7. The second-order valence-electron chi connectivity index (χ2n) is 6.86. The molecule has 2 fully saturated rings. The Labute approximate surface area is 155 Å². The molecule has 1 aliphatic carbocycles. The van der Waals surface area contributed by atoms with E-state index in [0.29, 0.717) is 19.3 Å². The molecule has 146 valence electrons. The summed E-state index contributed by atoms with van der Waals surface area (Å²) in [5.74, 6) is -0.964. The minimum atomic E-state index is -3.07. The first-order chi connectivity index (χ1) is 11.3. The summed E-state index contributed by atoms with van der Waals surface area (Å²) in [6, 6.07) is -0.911. The molecule has 2 aliphatic rings. The summed E-state index contributed by atoms with van der Waals surface area (Å²) in [7, 11) is -3.07. The van der Waals surface area contributed by atoms with Crippen LogP contribution in [-0.4, -0.2) is 66.5 Å². The number of carbonyl (C=O) groups is 2. The number of sulfone groups is 1. The Bertz CT molecular complexity index is 563. The summed E-state index contributed by atoms with van der Waals surface area (Å²) < 4.78 is 23.6. The van der Waals surface area contributed by atoms with E-state index in [1.54, 1.807) is 4.90 Å². The first-order valence-corrected chi connectivity index (χ1v) is 10.6. The van der Waals surface area contributed by atoms with Crippen molar-refractivity contribution in [1.29, 1.82) is 0 Å². The zero-order chi connectivity index (χ0) is 17.7. The normalized spacial score (nSPS) is 23.8. The molecule has 1 saturated carbocycles. The van der Waals surface area contributed by atoms with E-state index in [2.05, 4.69) is 5.32 Å². The van der Waals surface area contributed by atoms with Gasteiger partial charge in [-0.2, -0.15) is 0 Å². The third-order valence-corrected chi connectivity index (χ3v) is 6.73. The average Bonchev–Trinajstić information content (AvgIpc) is 3.13. The highest BCUT2D eigenvalue weighted by atomic mass is 35.5. The third kappa shape index (κ3) is 6.11. The zero-order valence-corrected chi connectivity index (χ0v) is 16.3. The van der Waals surface area contributed by atoms with Gasteiger partial charge in [0.2, 0.25) is 5.91 Å². The Hall–Kier alpha value is -0.860. The number of carboxylic acid groups (broad SMARTS) is 1. The molecule has 25 heavy (non-hydrogen) atoms. The molecule has 2 unspecified atom stereocenters. The molecule has 0 spiro atoms. The molecule has 0 bridgehead atoms. The highest BCUT2D eigenvalue weighted by Gasteiger charge is 2.39. The van der Waals surface area contributed by atoms with Gasteiger partial charge in [-0.1, -0.05) is 26.2 Å². The van der Waals surface area contributed by atoms with Crippen LogP contribution >= 0.6 is 12.4 Å². The minimum Gasteiger partial charge on any atom is -0.480 e. The van der Waals surface area contributed by atoms with Crippen molar-refractivity contribution in [1.82, 2.24) is 10.2 Å². The molecular weight excluding hydrogens is 368 g/mol. The fourth-order valence-electron chi connectivity index (χ4n) is 3.79. The molecule has 2 atom stereocenters. The van der Waals surface area contributed by atoms with E-state index in [1.807, 2.05) is 6.92 Å². The number of halogens is 1. The smallest absolute Gasteiger partial charge is 0.320 e. The van der Waals surface area contributed by atoms with Gasteiger partial charge in [0, 0.05) is 12.1 Å². The summed E-state index contributed by atoms with van der Waals surface area (Å²) in [6.45, 7) is 1.84. The third-order valence-electron chi connectivity index (χ3n) is 4.98. The number of amides is 1. The Morgan fingerprint density at radius 3 is 2.32 bits per heavy atom. The molecule has 1 heterocycles. The van der Waals surface area contributed by atoms with E-state index in [-0.39, 0.29) is 48.4 Å². The fourth-order valence-corrected chi connectivity index (χ4v) is 5.50. The summed E-state index contributed by atoms with van der Waals surface area (Å²) >= 11 is 0. The van der Waals surface area contributed by atoms with E-state index >= 15 is 0 Å². The van der Waals surface area contributed by atoms with E-state index in [0.717, 1.165) is 25.7 Å². The predicted molar refractivity (Wildman–Crippen MR) is 97.7 cm³/mol. The Morgan fingerprint density at radius 2 is 1.84 bits per heavy atom. The molecular formula is C16H29ClN2O5S. The predicted octanol–water partition coefficient (Wildman–Crippen LogP) is 1.21. The summed E-state index contributed by atoms with van der Waals surface area (Å²) in [5.41, 5.74) is 0. The van der Waals surface area contributed by atoms with Crippen molar-refractivity contribution >= 4 is 34.1 Å². The van der Waals surface area contributed by atoms with Crippen molar-refractivity contribution in [3.8, 4) is 0 Å². The molecule has 1 amide bonds. The van der Waals surface area contributed by atoms with Crippen LogP contribution in [0.4, 0.5) is 0 Å². The van der Waals surface area contributed by atoms with Crippen molar-refractivity contribution in [2.75, 3.05) is 18.1 Å². The first-order valence-electron chi connectivity index (χ1n) is 8.82. The van der Waals surface area contributed by atoms with Crippen LogP contribution < -0.4 is 5.32 Å². The van der Waals surface area contributed by atoms with Crippen molar-refractivity contribution in [3.05, 3.63) is 0 Å². The fraction of sp³-hybridized carbons (Fsp3) is 0.875. The highest BCUT2D eigenvalue weighted by Crippen LogP contribution is 2.29. The topological polar surface area (TPSA) is 104 Å². The molecule has 0 aromatic carbocycles. The lowest BCUT2D eigenvalue weighted by atomic mass is 10.1. The van der Waals surface area contributed by atoms with Gasteiger partial charge in [0.25, 0.3) is 0 Å². The standard InChI is InChI=1S/C16H28N2O5S.ClH/c1-2-5-14(16(20)21)17-10-15(19)18(12-6-3-4-7-12)13-8-9-24(22,23)11-13;/h12-14,17H,2-11H2,1H3,(H,20,21);1H. The SMILES string of the molecule is CCCC(NCC(=O)N(C1CCCC1)C1CCS(=O)(=O)C1)C(=O)O.Cl. The Balaban J connectivity index is 0.00000312. The Morgan fingerprint density at radius 1 is 1.20 bits per heavy atom. The van der Waals surface area contributed by atoms with Crippen LogP contribution in [0, 0.1) is 0 Å². The Kier molecular flexibility index (Phi) is 8.63. The maximum absolute atomic E-state index is 12.7. The van der Waals surface area contributed by atoms with E-state index in [9.17, 15) is 23.1 Å². The van der Waals surface area contributed by atoms with Crippen LogP contribution in [0.15, 0.2) is 0 Å². The van der Waals surface area contributed by atoms with Crippen LogP contribution in [0.5, 0.6) is 0 Å². The number of hydrogen-bond acceptors (Lipinski definition) is 5. The van der Waals surface area contributed by atoms with Gasteiger partial charge in [0.05, 0.1) is 18.1 Å². The maximum Gasteiger partial charge on any atom is 0.320 e. The molecule has 0 aromatic heterocycles. The quantitative estimate of drug-likeness (QED) is 0.639. The van der Waals surface area contributed by atoms with Crippen molar-refractivity contribution in [2.24, 2.45) is 0 Å². The molecule has 0 aromatic rings. The molecule has 2 rings (SSSR count). The molecule has 1 aliphatic heterocycles. The zero-order valence-electron chi connectivity index (χ0n) is 14.6. The number of rotatable bonds is 8. The second kappa shape index (κ2) is 9.73. The molecule has 0 radical (unpaired) electrons. The monoisotopic (exact) mass is 396 g/mol. The van der Waals surface area contributed by atoms with Crippen LogP contribution in [0.1, 0.15) is 51.9 Å². The highest BCUT2D eigenvalue weighted by molar-refractivity contribution is 7.91. The van der Waals surface area contributed by atoms with Crippen LogP contribution in [0.25, 0.3) is 0 Å². The van der Waals surface area contributed by atoms with Gasteiger partial charge >= 0.3 is 5.97 Å². The average molecular weight is 397 g/mol. The lowest BCUT2D eigenvalue weighted by Gasteiger charge is -2.34. The van der Waals surface area contributed by atoms with Crippen LogP contribution in [-0.2, 0) is 19.4 Å². The van der Waals surface area contributed by atoms with Gasteiger partial charge in [-0.15, -0.1) is 12.4 Å². The van der Waals surface area contributed by atoms with Gasteiger partial charge in [-0.05, 0) is 25.7 Å². The number of nitrogens with zero attached hydrogens (tertiary/aromatic N) is 1. The van der Waals surface area contributed by atoms with Gasteiger partial charge in [-0.25, -0.2) is 8.42 Å². The minimum absolute atomic E-state index is 0. The van der Waals surface area contributed by atoms with Gasteiger partial charge in [0.15, 0.2) is 9.84 Å². The second-order valence-corrected chi connectivity index (χ2v) is 9.09. The van der Waals surface area contributed by atoms with Crippen LogP contribution in [0.3, 0.4) is 0 Å². The van der Waals surface area contributed by atoms with Gasteiger partial charge in [0.1, 0.15) is 6.04 Å². The summed E-state index contributed by atoms with van der Waals surface area (Å²) in [5, 5.41) is 12.0. The lowest BCUT2D eigenvalue weighted by Crippen LogP contribution is -2.52. The molecule has 7 nitrogen and oxygen atoms in total. The van der Waals surface area contributed by atoms with E-state index in [4.69, 9.17) is 0 Å². The van der Waals surface area contributed by atoms with E-state index in [1.165, 1.54) is 0 Å². The number of hydrogen-bond donors (Lipinski definition) is 2. The molecule has 2 N–H and O–H groups in total. The first kappa shape index (κ1) is 22.2. The maximum atomic E-state index is 12.7. The van der Waals surface area contributed by atoms with E-state index < -0.39 is 21.8 Å². The summed E-state index contributed by atoms with van der Waals surface area (Å²) in [6.07, 6.45) is 5.57. The molecule has 9 heteroatoms. The number of carbonyl (C=O) groups excluding carboxylic acids is 1. The van der Waals surface area contributed by atoms with Gasteiger partial charge in [-0.3, -0.25) is 14.9 Å². The number of aliphatic carboxylic acids is 1. The van der Waals surface area contributed by atoms with Crippen molar-refractivity contribution < 1.29 is 23.1 Å². The van der Waals surface area contributed by atoms with Crippen molar-refractivity contribution in [2.45, 2.75) is 70.0 Å².